The lowest BCUT2D eigenvalue weighted by Gasteiger charge is -2.27. The molecule has 1 aromatic rings. The van der Waals surface area contributed by atoms with E-state index < -0.39 is 0 Å². The van der Waals surface area contributed by atoms with Crippen molar-refractivity contribution in [1.82, 2.24) is 14.8 Å². The third-order valence-electron chi connectivity index (χ3n) is 3.91. The van der Waals surface area contributed by atoms with E-state index in [2.05, 4.69) is 16.8 Å². The fourth-order valence-corrected chi connectivity index (χ4v) is 3.14. The molecule has 0 spiro atoms. The molecule has 110 valence electrons. The van der Waals surface area contributed by atoms with Crippen molar-refractivity contribution < 1.29 is 4.79 Å². The molecule has 0 N–H and O–H groups in total. The highest BCUT2D eigenvalue weighted by atomic mass is 35.5. The maximum atomic E-state index is 12.5. The van der Waals surface area contributed by atoms with E-state index in [1.165, 1.54) is 12.8 Å². The van der Waals surface area contributed by atoms with Crippen LogP contribution in [-0.4, -0.2) is 53.4 Å². The predicted molar refractivity (Wildman–Crippen MR) is 81.2 cm³/mol. The number of aryl methyl sites for hydroxylation is 1. The molecular weight excluding hydrogens is 274 g/mol. The number of halogens is 1. The van der Waals surface area contributed by atoms with Gasteiger partial charge in [-0.05, 0) is 45.0 Å². The van der Waals surface area contributed by atoms with Crippen LogP contribution >= 0.6 is 11.6 Å². The number of likely N-dealkylation sites (N-methyl/N-ethyl adjacent to an activating group) is 2. The molecule has 1 saturated heterocycles. The second-order valence-electron chi connectivity index (χ2n) is 5.43. The van der Waals surface area contributed by atoms with Crippen LogP contribution in [0, 0.1) is 6.92 Å². The summed E-state index contributed by atoms with van der Waals surface area (Å²) in [6.07, 6.45) is 2.39. The van der Waals surface area contributed by atoms with E-state index in [0.717, 1.165) is 25.3 Å². The Morgan fingerprint density at radius 2 is 2.30 bits per heavy atom. The highest BCUT2D eigenvalue weighted by molar-refractivity contribution is 6.29. The number of likely N-dealkylation sites (tertiary alicyclic amines) is 1. The molecule has 5 heteroatoms. The van der Waals surface area contributed by atoms with Gasteiger partial charge < -0.3 is 4.90 Å². The van der Waals surface area contributed by atoms with E-state index in [9.17, 15) is 4.79 Å². The van der Waals surface area contributed by atoms with Crippen LogP contribution in [0.3, 0.4) is 0 Å². The van der Waals surface area contributed by atoms with Crippen molar-refractivity contribution in [3.05, 3.63) is 28.5 Å². The molecule has 1 unspecified atom stereocenters. The van der Waals surface area contributed by atoms with Gasteiger partial charge >= 0.3 is 0 Å². The molecule has 2 rings (SSSR count). The highest BCUT2D eigenvalue weighted by Crippen LogP contribution is 2.18. The van der Waals surface area contributed by atoms with Gasteiger partial charge in [0.2, 0.25) is 0 Å². The minimum Gasteiger partial charge on any atom is -0.340 e. The van der Waals surface area contributed by atoms with Gasteiger partial charge in [-0.2, -0.15) is 0 Å². The zero-order chi connectivity index (χ0) is 14.7. The Morgan fingerprint density at radius 3 is 2.95 bits per heavy atom. The second kappa shape index (κ2) is 6.55. The average molecular weight is 296 g/mol. The fourth-order valence-electron chi connectivity index (χ4n) is 2.89. The van der Waals surface area contributed by atoms with E-state index >= 15 is 0 Å². The molecule has 1 aromatic heterocycles. The van der Waals surface area contributed by atoms with Gasteiger partial charge in [-0.15, -0.1) is 0 Å². The van der Waals surface area contributed by atoms with Gasteiger partial charge in [0.05, 0.1) is 0 Å². The van der Waals surface area contributed by atoms with Gasteiger partial charge in [-0.1, -0.05) is 18.5 Å². The number of hydrogen-bond acceptors (Lipinski definition) is 3. The van der Waals surface area contributed by atoms with E-state index in [1.54, 1.807) is 17.0 Å². The molecule has 0 radical (unpaired) electrons. The van der Waals surface area contributed by atoms with Crippen molar-refractivity contribution in [1.29, 1.82) is 0 Å². The average Bonchev–Trinajstić information content (AvgIpc) is 2.83. The summed E-state index contributed by atoms with van der Waals surface area (Å²) >= 11 is 5.92. The minimum absolute atomic E-state index is 0.0142. The Morgan fingerprint density at radius 1 is 1.55 bits per heavy atom. The largest absolute Gasteiger partial charge is 0.340 e. The summed E-state index contributed by atoms with van der Waals surface area (Å²) in [4.78, 5) is 20.8. The maximum Gasteiger partial charge on any atom is 0.253 e. The van der Waals surface area contributed by atoms with Gasteiger partial charge in [0.1, 0.15) is 5.15 Å². The molecule has 1 fully saturated rings. The number of carbonyl (C=O) groups excluding carboxylic acids is 1. The fraction of sp³-hybridized carbons (Fsp3) is 0.600. The molecule has 2 heterocycles. The van der Waals surface area contributed by atoms with Gasteiger partial charge in [-0.25, -0.2) is 4.98 Å². The lowest BCUT2D eigenvalue weighted by Crippen LogP contribution is -2.41. The monoisotopic (exact) mass is 295 g/mol. The van der Waals surface area contributed by atoms with Crippen LogP contribution in [0.2, 0.25) is 5.15 Å². The summed E-state index contributed by atoms with van der Waals surface area (Å²) in [6.45, 7) is 6.98. The van der Waals surface area contributed by atoms with Crippen LogP contribution in [0.4, 0.5) is 0 Å². The molecule has 20 heavy (non-hydrogen) atoms. The Labute approximate surface area is 125 Å². The summed E-state index contributed by atoms with van der Waals surface area (Å²) < 4.78 is 0. The molecule has 0 saturated carbocycles. The standard InChI is InChI=1S/C15H22ClN3O/c1-4-19-7-5-6-13(19)10-18(3)15(20)12-8-11(2)17-14(16)9-12/h8-9,13H,4-7,10H2,1-3H3. The zero-order valence-corrected chi connectivity index (χ0v) is 13.2. The second-order valence-corrected chi connectivity index (χ2v) is 5.82. The van der Waals surface area contributed by atoms with E-state index in [0.29, 0.717) is 16.8 Å². The lowest BCUT2D eigenvalue weighted by molar-refractivity contribution is 0.0754. The third kappa shape index (κ3) is 3.49. The predicted octanol–water partition coefficient (Wildman–Crippen LogP) is 2.60. The first-order valence-electron chi connectivity index (χ1n) is 7.15. The SMILES string of the molecule is CCN1CCCC1CN(C)C(=O)c1cc(C)nc(Cl)c1. The van der Waals surface area contributed by atoms with Crippen molar-refractivity contribution >= 4 is 17.5 Å². The molecule has 1 atom stereocenters. The molecule has 0 aromatic carbocycles. The molecular formula is C15H22ClN3O. The first kappa shape index (κ1) is 15.3. The van der Waals surface area contributed by atoms with Crippen molar-refractivity contribution in [2.75, 3.05) is 26.7 Å². The van der Waals surface area contributed by atoms with Crippen LogP contribution in [0.5, 0.6) is 0 Å². The quantitative estimate of drug-likeness (QED) is 0.801. The van der Waals surface area contributed by atoms with Crippen molar-refractivity contribution in [3.63, 3.8) is 0 Å². The number of amides is 1. The van der Waals surface area contributed by atoms with Crippen molar-refractivity contribution in [2.45, 2.75) is 32.7 Å². The lowest BCUT2D eigenvalue weighted by atomic mass is 10.1. The van der Waals surface area contributed by atoms with Crippen LogP contribution in [-0.2, 0) is 0 Å². The van der Waals surface area contributed by atoms with Crippen molar-refractivity contribution in [3.8, 4) is 0 Å². The van der Waals surface area contributed by atoms with Crippen LogP contribution in [0.25, 0.3) is 0 Å². The van der Waals surface area contributed by atoms with E-state index in [1.807, 2.05) is 14.0 Å². The Hall–Kier alpha value is -1.13. The summed E-state index contributed by atoms with van der Waals surface area (Å²) in [5.74, 6) is 0.0142. The van der Waals surface area contributed by atoms with Gasteiger partial charge in [0.25, 0.3) is 5.91 Å². The maximum absolute atomic E-state index is 12.5. The van der Waals surface area contributed by atoms with Gasteiger partial charge in [-0.3, -0.25) is 9.69 Å². The summed E-state index contributed by atoms with van der Waals surface area (Å²) in [5.41, 5.74) is 1.39. The number of rotatable bonds is 4. The van der Waals surface area contributed by atoms with Crippen LogP contribution in [0.15, 0.2) is 12.1 Å². The number of aromatic nitrogens is 1. The number of nitrogens with zero attached hydrogens (tertiary/aromatic N) is 3. The van der Waals surface area contributed by atoms with Crippen LogP contribution < -0.4 is 0 Å². The summed E-state index contributed by atoms with van der Waals surface area (Å²) in [7, 11) is 1.86. The third-order valence-corrected chi connectivity index (χ3v) is 4.10. The highest BCUT2D eigenvalue weighted by Gasteiger charge is 2.26. The number of hydrogen-bond donors (Lipinski definition) is 0. The molecule has 0 aliphatic carbocycles. The Balaban J connectivity index is 2.04. The Kier molecular flexibility index (Phi) is 5.00. The first-order chi connectivity index (χ1) is 9.51. The van der Waals surface area contributed by atoms with E-state index in [-0.39, 0.29) is 5.91 Å². The van der Waals surface area contributed by atoms with Gasteiger partial charge in [0.15, 0.2) is 0 Å². The first-order valence-corrected chi connectivity index (χ1v) is 7.52. The minimum atomic E-state index is 0.0142. The number of carbonyl (C=O) groups is 1. The van der Waals surface area contributed by atoms with Gasteiger partial charge in [0, 0.05) is 30.9 Å². The molecule has 1 aliphatic rings. The number of pyridine rings is 1. The Bertz CT molecular complexity index is 472. The summed E-state index contributed by atoms with van der Waals surface area (Å²) in [5, 5.41) is 0.373. The van der Waals surface area contributed by atoms with Crippen LogP contribution in [0.1, 0.15) is 35.8 Å². The summed E-state index contributed by atoms with van der Waals surface area (Å²) in [6, 6.07) is 3.91. The normalized spacial score (nSPS) is 19.3. The smallest absolute Gasteiger partial charge is 0.253 e. The molecule has 1 aliphatic heterocycles. The zero-order valence-electron chi connectivity index (χ0n) is 12.4. The molecule has 0 bridgehead atoms. The molecule has 4 nitrogen and oxygen atoms in total. The van der Waals surface area contributed by atoms with Crippen molar-refractivity contribution in [2.24, 2.45) is 0 Å². The molecule has 1 amide bonds. The van der Waals surface area contributed by atoms with E-state index in [4.69, 9.17) is 11.6 Å². The topological polar surface area (TPSA) is 36.4 Å².